The van der Waals surface area contributed by atoms with E-state index in [1.54, 1.807) is 6.20 Å². The molecule has 0 radical (unpaired) electrons. The first kappa shape index (κ1) is 28.1. The zero-order valence-electron chi connectivity index (χ0n) is 23.1. The number of aromatic nitrogens is 3. The molecular formula is C29H34ClIN5O3-. The van der Waals surface area contributed by atoms with Crippen molar-refractivity contribution in [1.29, 1.82) is 0 Å². The second kappa shape index (κ2) is 10.5. The molecule has 10 heteroatoms. The van der Waals surface area contributed by atoms with E-state index < -0.39 is 32.7 Å². The van der Waals surface area contributed by atoms with Crippen molar-refractivity contribution in [1.82, 2.24) is 22.5 Å². The molecular weight excluding hydrogens is 629 g/mol. The molecule has 1 aromatic carbocycles. The number of aryl methyl sites for hydroxylation is 1. The van der Waals surface area contributed by atoms with Gasteiger partial charge in [-0.25, -0.2) is 0 Å². The molecule has 2 unspecified atom stereocenters. The van der Waals surface area contributed by atoms with Crippen LogP contribution in [0.4, 0.5) is 4.79 Å². The number of hydrogen-bond donors (Lipinski definition) is 1. The van der Waals surface area contributed by atoms with E-state index in [4.69, 9.17) is 21.3 Å². The molecule has 39 heavy (non-hydrogen) atoms. The number of alkyl halides is 1. The molecule has 2 aromatic heterocycles. The van der Waals surface area contributed by atoms with Gasteiger partial charge in [-0.1, -0.05) is 0 Å². The van der Waals surface area contributed by atoms with Crippen LogP contribution in [-0.4, -0.2) is 57.0 Å². The molecule has 1 amide bonds. The number of nitrogens with zero attached hydrogens (tertiary/aromatic N) is 5. The molecule has 0 bridgehead atoms. The Balaban J connectivity index is 1.58. The molecule has 1 aliphatic heterocycles. The van der Waals surface area contributed by atoms with Crippen molar-refractivity contribution in [3.05, 3.63) is 81.7 Å². The van der Waals surface area contributed by atoms with Crippen molar-refractivity contribution in [2.24, 2.45) is 7.05 Å². The van der Waals surface area contributed by atoms with Crippen LogP contribution < -0.4 is 21.5 Å². The van der Waals surface area contributed by atoms with Crippen molar-refractivity contribution >= 4 is 29.3 Å². The summed E-state index contributed by atoms with van der Waals surface area (Å²) in [6.07, 6.45) is 5.32. The summed E-state index contributed by atoms with van der Waals surface area (Å²) in [5.41, 5.74) is 3.36. The number of aliphatic hydroxyl groups is 1. The van der Waals surface area contributed by atoms with E-state index in [-0.39, 0.29) is 12.1 Å². The monoisotopic (exact) mass is 662 g/mol. The average Bonchev–Trinajstić information content (AvgIpc) is 3.14. The van der Waals surface area contributed by atoms with Crippen LogP contribution in [-0.2, 0) is 17.4 Å². The van der Waals surface area contributed by atoms with E-state index in [0.29, 0.717) is 28.4 Å². The maximum absolute atomic E-state index is 12.7. The summed E-state index contributed by atoms with van der Waals surface area (Å²) < 4.78 is 10.7. The third-order valence-corrected chi connectivity index (χ3v) is 10.4. The fraction of sp³-hybridized carbons (Fsp3) is 0.414. The molecule has 1 aliphatic carbocycles. The molecule has 5 rings (SSSR count). The molecule has 0 saturated carbocycles. The number of halogens is 2. The Labute approximate surface area is 245 Å². The molecule has 3 aromatic rings. The molecule has 2 aliphatic rings. The van der Waals surface area contributed by atoms with Crippen LogP contribution in [0.2, 0.25) is 5.02 Å². The normalized spacial score (nSPS) is 19.6. The van der Waals surface area contributed by atoms with Crippen molar-refractivity contribution in [3.8, 4) is 0 Å². The minimum absolute atomic E-state index is 0.139. The van der Waals surface area contributed by atoms with Gasteiger partial charge in [0, 0.05) is 0 Å². The van der Waals surface area contributed by atoms with Gasteiger partial charge in [-0.05, 0) is 0 Å². The van der Waals surface area contributed by atoms with Gasteiger partial charge in [-0.15, -0.1) is 0 Å². The number of imidazole rings is 1. The van der Waals surface area contributed by atoms with E-state index in [1.165, 1.54) is 0 Å². The first-order valence-electron chi connectivity index (χ1n) is 12.9. The Morgan fingerprint density at radius 3 is 2.59 bits per heavy atom. The third kappa shape index (κ3) is 5.46. The summed E-state index contributed by atoms with van der Waals surface area (Å²) in [7, 11) is 1.91. The van der Waals surface area contributed by atoms with E-state index in [0.717, 1.165) is 33.8 Å². The topological polar surface area (TPSA) is 83.7 Å². The maximum atomic E-state index is 12.7. The van der Waals surface area contributed by atoms with Gasteiger partial charge in [0.25, 0.3) is 0 Å². The van der Waals surface area contributed by atoms with E-state index in [9.17, 15) is 9.90 Å². The second-order valence-electron chi connectivity index (χ2n) is 11.1. The van der Waals surface area contributed by atoms with Crippen LogP contribution >= 0.6 is 11.6 Å². The van der Waals surface area contributed by atoms with Gasteiger partial charge in [0.05, 0.1) is 0 Å². The van der Waals surface area contributed by atoms with Crippen molar-refractivity contribution in [2.75, 3.05) is 17.6 Å². The number of rotatable bonds is 3. The average molecular weight is 663 g/mol. The Morgan fingerprint density at radius 1 is 1.18 bits per heavy atom. The van der Waals surface area contributed by atoms with Crippen LogP contribution in [0.15, 0.2) is 42.7 Å². The number of ether oxygens (including phenoxy) is 1. The van der Waals surface area contributed by atoms with Crippen LogP contribution in [0.1, 0.15) is 67.6 Å². The summed E-state index contributed by atoms with van der Waals surface area (Å²) in [5.74, 6) is 0.818. The molecule has 0 spiro atoms. The number of pyridine rings is 1. The molecule has 1 fully saturated rings. The number of carbonyl (C=O) groups is 1. The third-order valence-electron chi connectivity index (χ3n) is 7.14. The number of carbonyl (C=O) groups excluding carboxylic acids is 1. The standard InChI is InChI=1S/C29H34ClIN5O3/c1-18-33-16-24(34(18)6)29(5,38)23-14-19-8-7-11-32-25(19)26(21-10-9-20(30)15-22(21)23)36-13-12-35(17-31-36)27(37)39-28(2,3)4/h7-11,14-16,26,38H,12-13,17H2,1-6H3/q-1. The fourth-order valence-corrected chi connectivity index (χ4v) is 8.14. The second-order valence-corrected chi connectivity index (χ2v) is 14.1. The number of hydrogen-bond acceptors (Lipinski definition) is 6. The molecule has 1 saturated heterocycles. The first-order chi connectivity index (χ1) is 18.4. The van der Waals surface area contributed by atoms with E-state index in [2.05, 4.69) is 14.2 Å². The van der Waals surface area contributed by atoms with E-state index in [1.807, 2.05) is 87.7 Å². The number of fused-ring (bicyclic) bond motifs is 2. The molecule has 8 nitrogen and oxygen atoms in total. The van der Waals surface area contributed by atoms with Gasteiger partial charge in [0.15, 0.2) is 0 Å². The van der Waals surface area contributed by atoms with E-state index >= 15 is 0 Å². The van der Waals surface area contributed by atoms with Crippen molar-refractivity contribution in [2.45, 2.75) is 51.9 Å². The molecule has 1 N–H and O–H groups in total. The summed E-state index contributed by atoms with van der Waals surface area (Å²) in [6.45, 7) is 10.7. The van der Waals surface area contributed by atoms with Crippen molar-refractivity contribution < 1.29 is 36.1 Å². The predicted molar refractivity (Wildman–Crippen MR) is 147 cm³/mol. The van der Waals surface area contributed by atoms with Gasteiger partial charge >= 0.3 is 246 Å². The Kier molecular flexibility index (Phi) is 7.56. The van der Waals surface area contributed by atoms with Gasteiger partial charge in [-0.3, -0.25) is 0 Å². The Morgan fingerprint density at radius 2 is 1.95 bits per heavy atom. The Hall–Kier alpha value is -2.47. The van der Waals surface area contributed by atoms with Crippen LogP contribution in [0.3, 0.4) is 0 Å². The van der Waals surface area contributed by atoms with Gasteiger partial charge in [0.2, 0.25) is 0 Å². The predicted octanol–water partition coefficient (Wildman–Crippen LogP) is 2.14. The van der Waals surface area contributed by atoms with Crippen LogP contribution in [0.25, 0.3) is 11.6 Å². The zero-order valence-corrected chi connectivity index (χ0v) is 26.0. The van der Waals surface area contributed by atoms with Crippen molar-refractivity contribution in [3.63, 3.8) is 0 Å². The zero-order chi connectivity index (χ0) is 28.1. The summed E-state index contributed by atoms with van der Waals surface area (Å²) >= 11 is 6.00. The van der Waals surface area contributed by atoms with Crippen LogP contribution in [0.5, 0.6) is 0 Å². The molecule has 2 atom stereocenters. The van der Waals surface area contributed by atoms with Crippen LogP contribution in [0, 0.1) is 6.92 Å². The van der Waals surface area contributed by atoms with Gasteiger partial charge in [-0.2, -0.15) is 0 Å². The molecule has 208 valence electrons. The minimum atomic E-state index is -1.35. The summed E-state index contributed by atoms with van der Waals surface area (Å²) in [6, 6.07) is 9.72. The molecule has 3 heterocycles. The first-order valence-corrected chi connectivity index (χ1v) is 15.8. The van der Waals surface area contributed by atoms with Gasteiger partial charge < -0.3 is 0 Å². The summed E-state index contributed by atoms with van der Waals surface area (Å²) in [4.78, 5) is 23.9. The SMILES string of the molecule is Cc1ncc(C(C)(O)C2=Cc3cccnc3C(N3CCN(C(=O)OC(C)(C)C)C[I-]3)c3ccc(Cl)cc32)n1C. The quantitative estimate of drug-likeness (QED) is 0.201. The number of amides is 1. The fourth-order valence-electron chi connectivity index (χ4n) is 5.07. The van der Waals surface area contributed by atoms with Gasteiger partial charge in [0.1, 0.15) is 0 Å². The summed E-state index contributed by atoms with van der Waals surface area (Å²) in [5, 5.41) is 12.7. The number of benzene rings is 1. The Bertz CT molecular complexity index is 1440.